The van der Waals surface area contributed by atoms with E-state index in [1.54, 1.807) is 7.11 Å². The van der Waals surface area contributed by atoms with Crippen molar-refractivity contribution >= 4 is 22.8 Å². The van der Waals surface area contributed by atoms with Crippen LogP contribution >= 0.6 is 0 Å². The smallest absolute Gasteiger partial charge is 0.303 e. The SMILES string of the molecule is COc1ccc2cc(/C=C/C=C/CCCC(=O)O)ccc2c1. The van der Waals surface area contributed by atoms with Gasteiger partial charge in [0.1, 0.15) is 5.75 Å². The monoisotopic (exact) mass is 296 g/mol. The quantitative estimate of drug-likeness (QED) is 0.596. The Morgan fingerprint density at radius 3 is 2.68 bits per heavy atom. The molecule has 0 saturated heterocycles. The maximum atomic E-state index is 10.4. The molecule has 1 N–H and O–H groups in total. The summed E-state index contributed by atoms with van der Waals surface area (Å²) in [4.78, 5) is 10.4. The topological polar surface area (TPSA) is 46.5 Å². The summed E-state index contributed by atoms with van der Waals surface area (Å²) < 4.78 is 5.22. The van der Waals surface area contributed by atoms with Gasteiger partial charge in [-0.25, -0.2) is 0 Å². The first-order valence-electron chi connectivity index (χ1n) is 7.32. The second-order valence-electron chi connectivity index (χ2n) is 5.05. The minimum atomic E-state index is -0.739. The third-order valence-corrected chi connectivity index (χ3v) is 3.37. The predicted octanol–water partition coefficient (Wildman–Crippen LogP) is 4.67. The van der Waals surface area contributed by atoms with Crippen LogP contribution in [0.3, 0.4) is 0 Å². The summed E-state index contributed by atoms with van der Waals surface area (Å²) in [6.07, 6.45) is 9.65. The molecule has 0 unspecified atom stereocenters. The summed E-state index contributed by atoms with van der Waals surface area (Å²) in [5.74, 6) is 0.122. The molecule has 2 rings (SSSR count). The number of unbranched alkanes of at least 4 members (excludes halogenated alkanes) is 1. The Morgan fingerprint density at radius 2 is 1.91 bits per heavy atom. The van der Waals surface area contributed by atoms with Crippen LogP contribution in [-0.2, 0) is 4.79 Å². The lowest BCUT2D eigenvalue weighted by atomic mass is 10.1. The van der Waals surface area contributed by atoms with Crippen molar-refractivity contribution < 1.29 is 14.6 Å². The molecule has 2 aromatic rings. The molecule has 0 bridgehead atoms. The van der Waals surface area contributed by atoms with Crippen LogP contribution in [0.1, 0.15) is 24.8 Å². The highest BCUT2D eigenvalue weighted by Crippen LogP contribution is 2.22. The molecule has 2 aromatic carbocycles. The lowest BCUT2D eigenvalue weighted by Crippen LogP contribution is -1.92. The summed E-state index contributed by atoms with van der Waals surface area (Å²) in [6, 6.07) is 12.3. The van der Waals surface area contributed by atoms with E-state index in [0.29, 0.717) is 6.42 Å². The van der Waals surface area contributed by atoms with Crippen LogP contribution in [0.25, 0.3) is 16.8 Å². The van der Waals surface area contributed by atoms with E-state index >= 15 is 0 Å². The van der Waals surface area contributed by atoms with E-state index in [9.17, 15) is 4.79 Å². The van der Waals surface area contributed by atoms with Gasteiger partial charge in [0, 0.05) is 6.42 Å². The highest BCUT2D eigenvalue weighted by Gasteiger charge is 1.97. The zero-order chi connectivity index (χ0) is 15.8. The van der Waals surface area contributed by atoms with Gasteiger partial charge in [-0.1, -0.05) is 42.5 Å². The standard InChI is InChI=1S/C19H20O3/c1-22-18-12-11-16-13-15(9-10-17(16)14-18)7-5-3-2-4-6-8-19(20)21/h2-3,5,7,9-14H,4,6,8H2,1H3,(H,20,21)/b3-2+,7-5+. The second kappa shape index (κ2) is 8.03. The lowest BCUT2D eigenvalue weighted by molar-refractivity contribution is -0.137. The average molecular weight is 296 g/mol. The van der Waals surface area contributed by atoms with Crippen LogP contribution < -0.4 is 4.74 Å². The number of carboxylic acid groups (broad SMARTS) is 1. The molecule has 22 heavy (non-hydrogen) atoms. The minimum Gasteiger partial charge on any atom is -0.497 e. The number of hydrogen-bond donors (Lipinski definition) is 1. The molecule has 0 spiro atoms. The summed E-state index contributed by atoms with van der Waals surface area (Å²) in [6.45, 7) is 0. The van der Waals surface area contributed by atoms with Gasteiger partial charge in [-0.2, -0.15) is 0 Å². The van der Waals surface area contributed by atoms with Crippen molar-refractivity contribution in [1.82, 2.24) is 0 Å². The van der Waals surface area contributed by atoms with Crippen molar-refractivity contribution in [2.75, 3.05) is 7.11 Å². The van der Waals surface area contributed by atoms with Gasteiger partial charge in [0.2, 0.25) is 0 Å². The Bertz CT molecular complexity index is 699. The number of methoxy groups -OCH3 is 1. The molecule has 0 aromatic heterocycles. The van der Waals surface area contributed by atoms with Gasteiger partial charge >= 0.3 is 5.97 Å². The van der Waals surface area contributed by atoms with E-state index in [1.807, 2.05) is 42.5 Å². The van der Waals surface area contributed by atoms with Gasteiger partial charge in [0.05, 0.1) is 7.11 Å². The van der Waals surface area contributed by atoms with Gasteiger partial charge in [-0.15, -0.1) is 0 Å². The second-order valence-corrected chi connectivity index (χ2v) is 5.05. The van der Waals surface area contributed by atoms with Crippen LogP contribution in [0, 0.1) is 0 Å². The van der Waals surface area contributed by atoms with Crippen molar-refractivity contribution in [3.8, 4) is 5.75 Å². The zero-order valence-electron chi connectivity index (χ0n) is 12.7. The predicted molar refractivity (Wildman–Crippen MR) is 90.2 cm³/mol. The summed E-state index contributed by atoms with van der Waals surface area (Å²) in [5, 5.41) is 10.9. The molecule has 0 fully saturated rings. The molecule has 114 valence electrons. The van der Waals surface area contributed by atoms with Gasteiger partial charge in [-0.3, -0.25) is 4.79 Å². The van der Waals surface area contributed by atoms with Crippen molar-refractivity contribution in [2.45, 2.75) is 19.3 Å². The summed E-state index contributed by atoms with van der Waals surface area (Å²) in [7, 11) is 1.67. The Kier molecular flexibility index (Phi) is 5.78. The largest absolute Gasteiger partial charge is 0.497 e. The van der Waals surface area contributed by atoms with Crippen molar-refractivity contribution in [2.24, 2.45) is 0 Å². The van der Waals surface area contributed by atoms with Crippen LogP contribution in [0.4, 0.5) is 0 Å². The molecule has 0 amide bonds. The molecule has 0 aliphatic rings. The molecule has 0 aliphatic heterocycles. The number of carboxylic acids is 1. The Hall–Kier alpha value is -2.55. The fraction of sp³-hybridized carbons (Fsp3) is 0.211. The molecule has 0 heterocycles. The first-order chi connectivity index (χ1) is 10.7. The van der Waals surface area contributed by atoms with Gasteiger partial charge in [-0.05, 0) is 47.4 Å². The van der Waals surface area contributed by atoms with Crippen LogP contribution in [0.15, 0.2) is 54.6 Å². The van der Waals surface area contributed by atoms with E-state index in [2.05, 4.69) is 18.2 Å². The number of benzene rings is 2. The van der Waals surface area contributed by atoms with Gasteiger partial charge < -0.3 is 9.84 Å². The van der Waals surface area contributed by atoms with Gasteiger partial charge in [0.15, 0.2) is 0 Å². The number of aliphatic carboxylic acids is 1. The number of ether oxygens (including phenoxy) is 1. The normalized spacial score (nSPS) is 11.5. The zero-order valence-corrected chi connectivity index (χ0v) is 12.7. The molecule has 0 atom stereocenters. The number of rotatable bonds is 7. The first kappa shape index (κ1) is 15.8. The van der Waals surface area contributed by atoms with Crippen molar-refractivity contribution in [3.63, 3.8) is 0 Å². The fourth-order valence-corrected chi connectivity index (χ4v) is 2.19. The Balaban J connectivity index is 1.95. The van der Waals surface area contributed by atoms with E-state index in [1.165, 1.54) is 5.39 Å². The number of fused-ring (bicyclic) bond motifs is 1. The minimum absolute atomic E-state index is 0.224. The van der Waals surface area contributed by atoms with Gasteiger partial charge in [0.25, 0.3) is 0 Å². The van der Waals surface area contributed by atoms with Crippen LogP contribution in [0.2, 0.25) is 0 Å². The number of hydrogen-bond acceptors (Lipinski definition) is 2. The number of allylic oxidation sites excluding steroid dienone is 3. The summed E-state index contributed by atoms with van der Waals surface area (Å²) >= 11 is 0. The molecule has 0 radical (unpaired) electrons. The highest BCUT2D eigenvalue weighted by molar-refractivity contribution is 5.86. The highest BCUT2D eigenvalue weighted by atomic mass is 16.5. The van der Waals surface area contributed by atoms with E-state index < -0.39 is 5.97 Å². The fourth-order valence-electron chi connectivity index (χ4n) is 2.19. The maximum absolute atomic E-state index is 10.4. The third-order valence-electron chi connectivity index (χ3n) is 3.37. The Labute approximate surface area is 130 Å². The van der Waals surface area contributed by atoms with E-state index in [-0.39, 0.29) is 6.42 Å². The average Bonchev–Trinajstić information content (AvgIpc) is 2.53. The first-order valence-corrected chi connectivity index (χ1v) is 7.32. The molecular formula is C19H20O3. The molecule has 3 nitrogen and oxygen atoms in total. The lowest BCUT2D eigenvalue weighted by Gasteiger charge is -2.03. The van der Waals surface area contributed by atoms with E-state index in [0.717, 1.165) is 23.1 Å². The van der Waals surface area contributed by atoms with Crippen molar-refractivity contribution in [3.05, 3.63) is 60.2 Å². The molecule has 3 heteroatoms. The maximum Gasteiger partial charge on any atom is 0.303 e. The molecule has 0 saturated carbocycles. The number of carbonyl (C=O) groups is 1. The van der Waals surface area contributed by atoms with Crippen LogP contribution in [-0.4, -0.2) is 18.2 Å². The van der Waals surface area contributed by atoms with Crippen molar-refractivity contribution in [1.29, 1.82) is 0 Å². The van der Waals surface area contributed by atoms with Crippen LogP contribution in [0.5, 0.6) is 5.75 Å². The Morgan fingerprint density at radius 1 is 1.14 bits per heavy atom. The third kappa shape index (κ3) is 4.77. The summed E-state index contributed by atoms with van der Waals surface area (Å²) in [5.41, 5.74) is 1.13. The molecule has 0 aliphatic carbocycles. The van der Waals surface area contributed by atoms with E-state index in [4.69, 9.17) is 9.84 Å². The molecular weight excluding hydrogens is 276 g/mol.